The fourth-order valence-electron chi connectivity index (χ4n) is 1.28. The van der Waals surface area contributed by atoms with Crippen molar-refractivity contribution in [2.75, 3.05) is 26.9 Å². The molecule has 0 fully saturated rings. The minimum Gasteiger partial charge on any atom is -0.483 e. The van der Waals surface area contributed by atoms with Crippen LogP contribution < -0.4 is 10.1 Å². The summed E-state index contributed by atoms with van der Waals surface area (Å²) in [5.74, 6) is -1.46. The lowest BCUT2D eigenvalue weighted by Gasteiger charge is -2.09. The first-order valence-corrected chi connectivity index (χ1v) is 5.83. The molecule has 0 saturated carbocycles. The van der Waals surface area contributed by atoms with E-state index in [1.807, 2.05) is 0 Å². The van der Waals surface area contributed by atoms with E-state index in [9.17, 15) is 9.59 Å². The van der Waals surface area contributed by atoms with Crippen LogP contribution in [-0.2, 0) is 9.53 Å². The zero-order valence-corrected chi connectivity index (χ0v) is 11.1. The van der Waals surface area contributed by atoms with E-state index >= 15 is 0 Å². The Balaban J connectivity index is 2.59. The van der Waals surface area contributed by atoms with Crippen LogP contribution in [0.5, 0.6) is 5.75 Å². The molecule has 0 spiro atoms. The van der Waals surface area contributed by atoms with Crippen LogP contribution in [0.25, 0.3) is 0 Å². The molecule has 0 radical (unpaired) electrons. The number of aromatic carboxylic acids is 1. The standard InChI is InChI=1S/C12H14ClNO5/c1-18-5-4-14-11(15)7-19-10-6-8(13)2-3-9(10)12(16)17/h2-3,6H,4-5,7H2,1H3,(H,14,15)(H,16,17). The van der Waals surface area contributed by atoms with Crippen molar-refractivity contribution in [2.24, 2.45) is 0 Å². The highest BCUT2D eigenvalue weighted by molar-refractivity contribution is 6.30. The van der Waals surface area contributed by atoms with E-state index < -0.39 is 5.97 Å². The van der Waals surface area contributed by atoms with Gasteiger partial charge in [0.05, 0.1) is 6.61 Å². The zero-order valence-electron chi connectivity index (χ0n) is 10.3. The summed E-state index contributed by atoms with van der Waals surface area (Å²) in [5, 5.41) is 11.8. The van der Waals surface area contributed by atoms with Crippen LogP contribution in [0.1, 0.15) is 10.4 Å². The summed E-state index contributed by atoms with van der Waals surface area (Å²) in [6.07, 6.45) is 0. The van der Waals surface area contributed by atoms with Crippen LogP contribution >= 0.6 is 11.6 Å². The van der Waals surface area contributed by atoms with Crippen LogP contribution in [0, 0.1) is 0 Å². The SMILES string of the molecule is COCCNC(=O)COc1cc(Cl)ccc1C(=O)O. The number of methoxy groups -OCH3 is 1. The number of benzene rings is 1. The third-order valence-electron chi connectivity index (χ3n) is 2.16. The molecule has 1 aromatic rings. The minimum absolute atomic E-state index is 0.0471. The monoisotopic (exact) mass is 287 g/mol. The van der Waals surface area contributed by atoms with Gasteiger partial charge in [-0.2, -0.15) is 0 Å². The third kappa shape index (κ3) is 5.15. The van der Waals surface area contributed by atoms with E-state index in [1.165, 1.54) is 25.3 Å². The van der Waals surface area contributed by atoms with Gasteiger partial charge >= 0.3 is 5.97 Å². The average Bonchev–Trinajstić information content (AvgIpc) is 2.36. The molecule has 1 aromatic carbocycles. The lowest BCUT2D eigenvalue weighted by atomic mass is 10.2. The molecule has 0 heterocycles. The van der Waals surface area contributed by atoms with Crippen molar-refractivity contribution in [3.63, 3.8) is 0 Å². The van der Waals surface area contributed by atoms with Crippen LogP contribution in [-0.4, -0.2) is 43.9 Å². The van der Waals surface area contributed by atoms with Crippen molar-refractivity contribution >= 4 is 23.5 Å². The van der Waals surface area contributed by atoms with Gasteiger partial charge in [-0.3, -0.25) is 4.79 Å². The maximum absolute atomic E-state index is 11.4. The summed E-state index contributed by atoms with van der Waals surface area (Å²) in [6.45, 7) is 0.466. The number of carboxylic acid groups (broad SMARTS) is 1. The number of carboxylic acids is 1. The van der Waals surface area contributed by atoms with E-state index in [4.69, 9.17) is 26.2 Å². The number of halogens is 1. The molecule has 0 unspecified atom stereocenters. The Kier molecular flexibility index (Phi) is 6.11. The molecule has 0 saturated heterocycles. The normalized spacial score (nSPS) is 10.0. The minimum atomic E-state index is -1.15. The molecule has 0 aromatic heterocycles. The molecule has 0 aliphatic heterocycles. The summed E-state index contributed by atoms with van der Waals surface area (Å²) >= 11 is 5.75. The van der Waals surface area contributed by atoms with Crippen molar-refractivity contribution in [1.82, 2.24) is 5.32 Å². The van der Waals surface area contributed by atoms with E-state index in [0.717, 1.165) is 0 Å². The Hall–Kier alpha value is -1.79. The Bertz CT molecular complexity index is 463. The molecule has 0 atom stereocenters. The number of hydrogen-bond acceptors (Lipinski definition) is 4. The van der Waals surface area contributed by atoms with Crippen LogP contribution in [0.15, 0.2) is 18.2 Å². The van der Waals surface area contributed by atoms with Crippen molar-refractivity contribution in [2.45, 2.75) is 0 Å². The number of carbonyl (C=O) groups is 2. The summed E-state index contributed by atoms with van der Waals surface area (Å²) in [5.41, 5.74) is -0.0471. The second kappa shape index (κ2) is 7.60. The molecular weight excluding hydrogens is 274 g/mol. The molecule has 0 aliphatic carbocycles. The molecule has 7 heteroatoms. The topological polar surface area (TPSA) is 84.9 Å². The molecule has 0 bridgehead atoms. The van der Waals surface area contributed by atoms with Crippen molar-refractivity contribution < 1.29 is 24.2 Å². The Labute approximate surface area is 115 Å². The van der Waals surface area contributed by atoms with Gasteiger partial charge in [-0.25, -0.2) is 4.79 Å². The van der Waals surface area contributed by atoms with Crippen LogP contribution in [0.2, 0.25) is 5.02 Å². The van der Waals surface area contributed by atoms with Gasteiger partial charge < -0.3 is 19.9 Å². The second-order valence-electron chi connectivity index (χ2n) is 3.58. The van der Waals surface area contributed by atoms with Gasteiger partial charge in [0.25, 0.3) is 5.91 Å². The van der Waals surface area contributed by atoms with Crippen molar-refractivity contribution in [3.8, 4) is 5.75 Å². The van der Waals surface area contributed by atoms with E-state index in [1.54, 1.807) is 0 Å². The average molecular weight is 288 g/mol. The molecular formula is C12H14ClNO5. The third-order valence-corrected chi connectivity index (χ3v) is 2.40. The maximum Gasteiger partial charge on any atom is 0.339 e. The Morgan fingerprint density at radius 1 is 1.42 bits per heavy atom. The van der Waals surface area contributed by atoms with Gasteiger partial charge in [-0.05, 0) is 18.2 Å². The first kappa shape index (κ1) is 15.3. The van der Waals surface area contributed by atoms with Crippen molar-refractivity contribution in [3.05, 3.63) is 28.8 Å². The lowest BCUT2D eigenvalue weighted by Crippen LogP contribution is -2.31. The van der Waals surface area contributed by atoms with Crippen molar-refractivity contribution in [1.29, 1.82) is 0 Å². The smallest absolute Gasteiger partial charge is 0.339 e. The number of hydrogen-bond donors (Lipinski definition) is 2. The lowest BCUT2D eigenvalue weighted by molar-refractivity contribution is -0.123. The summed E-state index contributed by atoms with van der Waals surface area (Å²) < 4.78 is 9.92. The number of ether oxygens (including phenoxy) is 2. The summed E-state index contributed by atoms with van der Waals surface area (Å²) in [6, 6.07) is 4.12. The van der Waals surface area contributed by atoms with Crippen LogP contribution in [0.4, 0.5) is 0 Å². The molecule has 104 valence electrons. The van der Waals surface area contributed by atoms with E-state index in [0.29, 0.717) is 18.2 Å². The summed E-state index contributed by atoms with van der Waals surface area (Å²) in [7, 11) is 1.52. The molecule has 1 rings (SSSR count). The fraction of sp³-hybridized carbons (Fsp3) is 0.333. The molecule has 6 nitrogen and oxygen atoms in total. The Morgan fingerprint density at radius 2 is 2.16 bits per heavy atom. The molecule has 19 heavy (non-hydrogen) atoms. The molecule has 2 N–H and O–H groups in total. The molecule has 1 amide bonds. The highest BCUT2D eigenvalue weighted by Gasteiger charge is 2.13. The maximum atomic E-state index is 11.4. The molecule has 0 aliphatic rings. The van der Waals surface area contributed by atoms with Gasteiger partial charge in [0.15, 0.2) is 6.61 Å². The first-order valence-electron chi connectivity index (χ1n) is 5.46. The van der Waals surface area contributed by atoms with Gasteiger partial charge in [0.2, 0.25) is 0 Å². The quantitative estimate of drug-likeness (QED) is 0.736. The van der Waals surface area contributed by atoms with Gasteiger partial charge in [-0.15, -0.1) is 0 Å². The first-order chi connectivity index (χ1) is 9.04. The fourth-order valence-corrected chi connectivity index (χ4v) is 1.44. The highest BCUT2D eigenvalue weighted by atomic mass is 35.5. The van der Waals surface area contributed by atoms with Gasteiger partial charge in [-0.1, -0.05) is 11.6 Å². The highest BCUT2D eigenvalue weighted by Crippen LogP contribution is 2.23. The van der Waals surface area contributed by atoms with Gasteiger partial charge in [0.1, 0.15) is 11.3 Å². The number of amides is 1. The van der Waals surface area contributed by atoms with Gasteiger partial charge in [0, 0.05) is 18.7 Å². The number of carbonyl (C=O) groups excluding carboxylic acids is 1. The van der Waals surface area contributed by atoms with Crippen LogP contribution in [0.3, 0.4) is 0 Å². The Morgan fingerprint density at radius 3 is 2.79 bits per heavy atom. The number of nitrogens with one attached hydrogen (secondary N) is 1. The second-order valence-corrected chi connectivity index (χ2v) is 4.01. The largest absolute Gasteiger partial charge is 0.483 e. The number of rotatable bonds is 7. The summed E-state index contributed by atoms with van der Waals surface area (Å²) in [4.78, 5) is 22.3. The zero-order chi connectivity index (χ0) is 14.3. The predicted molar refractivity (Wildman–Crippen MR) is 68.8 cm³/mol. The predicted octanol–water partition coefficient (Wildman–Crippen LogP) is 1.18. The van der Waals surface area contributed by atoms with E-state index in [-0.39, 0.29) is 23.8 Å². The van der Waals surface area contributed by atoms with E-state index in [2.05, 4.69) is 5.32 Å².